The Bertz CT molecular complexity index is 1020. The van der Waals surface area contributed by atoms with Crippen molar-refractivity contribution in [2.75, 3.05) is 0 Å². The normalized spacial score (nSPS) is 12.1. The van der Waals surface area contributed by atoms with Crippen molar-refractivity contribution in [1.82, 2.24) is 10.0 Å². The molecule has 0 saturated heterocycles. The van der Waals surface area contributed by atoms with E-state index in [1.807, 2.05) is 0 Å². The third-order valence-electron chi connectivity index (χ3n) is 3.69. The van der Waals surface area contributed by atoms with Crippen LogP contribution in [-0.2, 0) is 21.4 Å². The van der Waals surface area contributed by atoms with Crippen LogP contribution >= 0.6 is 0 Å². The Morgan fingerprint density at radius 3 is 2.31 bits per heavy atom. The van der Waals surface area contributed by atoms with Crippen LogP contribution in [-0.4, -0.2) is 24.8 Å². The Kier molecular flexibility index (Phi) is 6.89. The molecule has 9 heteroatoms. The standard InChI is InChI=1S/C20H23N3O5S/c1-20(2,3)22-29(27,28)18-7-5-4-6-16(18)14-21-19(24)13-10-15-8-11-17(12-9-15)23(25)26/h4-13,22H,14H2,1-3H3,(H,21,24)/b13-10+. The lowest BCUT2D eigenvalue weighted by atomic mass is 10.1. The number of amides is 1. The number of carbonyl (C=O) groups excluding carboxylic acids is 1. The molecule has 8 nitrogen and oxygen atoms in total. The lowest BCUT2D eigenvalue weighted by molar-refractivity contribution is -0.384. The first-order valence-corrected chi connectivity index (χ1v) is 10.3. The molecular weight excluding hydrogens is 394 g/mol. The molecule has 0 radical (unpaired) electrons. The Hall–Kier alpha value is -3.04. The summed E-state index contributed by atoms with van der Waals surface area (Å²) in [6, 6.07) is 12.2. The fourth-order valence-electron chi connectivity index (χ4n) is 2.49. The molecule has 1 amide bonds. The molecule has 0 fully saturated rings. The van der Waals surface area contributed by atoms with E-state index in [2.05, 4.69) is 10.0 Å². The smallest absolute Gasteiger partial charge is 0.269 e. The van der Waals surface area contributed by atoms with Gasteiger partial charge in [0, 0.05) is 30.3 Å². The van der Waals surface area contributed by atoms with Gasteiger partial charge in [0.2, 0.25) is 15.9 Å². The number of hydrogen-bond donors (Lipinski definition) is 2. The van der Waals surface area contributed by atoms with Crippen molar-refractivity contribution in [2.24, 2.45) is 0 Å². The summed E-state index contributed by atoms with van der Waals surface area (Å²) in [6.45, 7) is 5.28. The third-order valence-corrected chi connectivity index (χ3v) is 5.55. The second-order valence-corrected chi connectivity index (χ2v) is 9.01. The predicted octanol–water partition coefficient (Wildman–Crippen LogP) is 3.00. The molecule has 0 saturated carbocycles. The Balaban J connectivity index is 2.06. The average molecular weight is 417 g/mol. The van der Waals surface area contributed by atoms with E-state index in [1.165, 1.54) is 42.5 Å². The lowest BCUT2D eigenvalue weighted by Gasteiger charge is -2.21. The van der Waals surface area contributed by atoms with Gasteiger partial charge in [-0.25, -0.2) is 13.1 Å². The van der Waals surface area contributed by atoms with Gasteiger partial charge in [-0.15, -0.1) is 0 Å². The number of benzene rings is 2. The Morgan fingerprint density at radius 2 is 1.72 bits per heavy atom. The molecule has 29 heavy (non-hydrogen) atoms. The molecule has 0 atom stereocenters. The van der Waals surface area contributed by atoms with Gasteiger partial charge in [-0.1, -0.05) is 18.2 Å². The van der Waals surface area contributed by atoms with Crippen molar-refractivity contribution in [3.8, 4) is 0 Å². The molecule has 0 aliphatic carbocycles. The number of rotatable bonds is 7. The van der Waals surface area contributed by atoms with Crippen LogP contribution in [0.25, 0.3) is 6.08 Å². The molecule has 2 aromatic rings. The maximum absolute atomic E-state index is 12.6. The van der Waals surface area contributed by atoms with Crippen molar-refractivity contribution in [1.29, 1.82) is 0 Å². The zero-order valence-corrected chi connectivity index (χ0v) is 17.2. The molecule has 0 spiro atoms. The van der Waals surface area contributed by atoms with Gasteiger partial charge in [0.1, 0.15) is 0 Å². The summed E-state index contributed by atoms with van der Waals surface area (Å²) >= 11 is 0. The van der Waals surface area contributed by atoms with Crippen LogP contribution in [0.4, 0.5) is 5.69 Å². The van der Waals surface area contributed by atoms with E-state index in [1.54, 1.807) is 39.0 Å². The highest BCUT2D eigenvalue weighted by molar-refractivity contribution is 7.89. The number of non-ortho nitro benzene ring substituents is 1. The van der Waals surface area contributed by atoms with Gasteiger partial charge < -0.3 is 5.32 Å². The summed E-state index contributed by atoms with van der Waals surface area (Å²) in [5, 5.41) is 13.3. The van der Waals surface area contributed by atoms with E-state index in [0.29, 0.717) is 11.1 Å². The van der Waals surface area contributed by atoms with Gasteiger partial charge in [0.25, 0.3) is 5.69 Å². The molecule has 0 aliphatic rings. The zero-order valence-electron chi connectivity index (χ0n) is 16.4. The largest absolute Gasteiger partial charge is 0.348 e. The minimum absolute atomic E-state index is 0.0324. The zero-order chi connectivity index (χ0) is 21.7. The minimum atomic E-state index is -3.74. The first-order chi connectivity index (χ1) is 13.5. The van der Waals surface area contributed by atoms with E-state index in [-0.39, 0.29) is 17.1 Å². The molecule has 2 aromatic carbocycles. The molecule has 0 aliphatic heterocycles. The van der Waals surface area contributed by atoms with Gasteiger partial charge >= 0.3 is 0 Å². The minimum Gasteiger partial charge on any atom is -0.348 e. The second-order valence-electron chi connectivity index (χ2n) is 7.36. The predicted molar refractivity (Wildman–Crippen MR) is 110 cm³/mol. The molecular formula is C20H23N3O5S. The number of nitrogens with one attached hydrogen (secondary N) is 2. The van der Waals surface area contributed by atoms with E-state index in [0.717, 1.165) is 0 Å². The highest BCUT2D eigenvalue weighted by atomic mass is 32.2. The quantitative estimate of drug-likeness (QED) is 0.408. The van der Waals surface area contributed by atoms with Crippen molar-refractivity contribution in [3.63, 3.8) is 0 Å². The van der Waals surface area contributed by atoms with E-state index in [4.69, 9.17) is 0 Å². The number of carbonyl (C=O) groups is 1. The van der Waals surface area contributed by atoms with Crippen LogP contribution in [0.2, 0.25) is 0 Å². The fourth-order valence-corrected chi connectivity index (χ4v) is 4.15. The number of nitro groups is 1. The summed E-state index contributed by atoms with van der Waals surface area (Å²) < 4.78 is 27.8. The van der Waals surface area contributed by atoms with Crippen molar-refractivity contribution < 1.29 is 18.1 Å². The third kappa shape index (κ3) is 6.81. The first kappa shape index (κ1) is 22.3. The van der Waals surface area contributed by atoms with Gasteiger partial charge in [-0.05, 0) is 56.2 Å². The van der Waals surface area contributed by atoms with Crippen molar-refractivity contribution >= 4 is 27.7 Å². The number of nitrogens with zero attached hydrogens (tertiary/aromatic N) is 1. The maximum atomic E-state index is 12.6. The summed E-state index contributed by atoms with van der Waals surface area (Å²) in [5.74, 6) is -0.417. The van der Waals surface area contributed by atoms with Crippen LogP contribution in [0.15, 0.2) is 59.5 Å². The fraction of sp³-hybridized carbons (Fsp3) is 0.250. The summed E-state index contributed by atoms with van der Waals surface area (Å²) in [6.07, 6.45) is 2.80. The highest BCUT2D eigenvalue weighted by Gasteiger charge is 2.24. The van der Waals surface area contributed by atoms with Gasteiger partial charge in [0.05, 0.1) is 9.82 Å². The van der Waals surface area contributed by atoms with Crippen LogP contribution < -0.4 is 10.0 Å². The molecule has 0 aromatic heterocycles. The average Bonchev–Trinajstić information content (AvgIpc) is 2.63. The number of sulfonamides is 1. The van der Waals surface area contributed by atoms with Gasteiger partial charge in [0.15, 0.2) is 0 Å². The Labute approximate surface area is 169 Å². The topological polar surface area (TPSA) is 118 Å². The van der Waals surface area contributed by atoms with Crippen molar-refractivity contribution in [2.45, 2.75) is 37.8 Å². The molecule has 2 rings (SSSR count). The molecule has 0 bridgehead atoms. The molecule has 2 N–H and O–H groups in total. The summed E-state index contributed by atoms with van der Waals surface area (Å²) in [5.41, 5.74) is 0.417. The Morgan fingerprint density at radius 1 is 1.10 bits per heavy atom. The monoisotopic (exact) mass is 417 g/mol. The number of nitro benzene ring substituents is 1. The second kappa shape index (κ2) is 8.97. The summed E-state index contributed by atoms with van der Waals surface area (Å²) in [7, 11) is -3.74. The highest BCUT2D eigenvalue weighted by Crippen LogP contribution is 2.18. The van der Waals surface area contributed by atoms with Gasteiger partial charge in [-0.3, -0.25) is 14.9 Å². The van der Waals surface area contributed by atoms with Crippen molar-refractivity contribution in [3.05, 3.63) is 75.8 Å². The van der Waals surface area contributed by atoms with Crippen LogP contribution in [0.3, 0.4) is 0 Å². The first-order valence-electron chi connectivity index (χ1n) is 8.80. The van der Waals surface area contributed by atoms with E-state index >= 15 is 0 Å². The van der Waals surface area contributed by atoms with Crippen LogP contribution in [0.1, 0.15) is 31.9 Å². The lowest BCUT2D eigenvalue weighted by Crippen LogP contribution is -2.41. The van der Waals surface area contributed by atoms with E-state index < -0.39 is 26.4 Å². The summed E-state index contributed by atoms with van der Waals surface area (Å²) in [4.78, 5) is 22.3. The van der Waals surface area contributed by atoms with Crippen LogP contribution in [0.5, 0.6) is 0 Å². The maximum Gasteiger partial charge on any atom is 0.269 e. The SMILES string of the molecule is CC(C)(C)NS(=O)(=O)c1ccccc1CNC(=O)/C=C/c1ccc([N+](=O)[O-])cc1. The van der Waals surface area contributed by atoms with Gasteiger partial charge in [-0.2, -0.15) is 0 Å². The number of hydrogen-bond acceptors (Lipinski definition) is 5. The van der Waals surface area contributed by atoms with Crippen LogP contribution in [0, 0.1) is 10.1 Å². The molecule has 0 heterocycles. The molecule has 154 valence electrons. The molecule has 0 unspecified atom stereocenters. The van der Waals surface area contributed by atoms with E-state index in [9.17, 15) is 23.3 Å².